The first-order chi connectivity index (χ1) is 9.71. The number of aromatic amines is 1. The number of carbonyl (C=O) groups is 2. The van der Waals surface area contributed by atoms with Crippen molar-refractivity contribution in [2.45, 2.75) is 32.7 Å². The topological polar surface area (TPSA) is 116 Å². The number of aromatic nitrogens is 1. The highest BCUT2D eigenvalue weighted by Crippen LogP contribution is 2.19. The fourth-order valence-electron chi connectivity index (χ4n) is 2.70. The lowest BCUT2D eigenvalue weighted by Gasteiger charge is -2.23. The van der Waals surface area contributed by atoms with Crippen molar-refractivity contribution in [2.24, 2.45) is 0 Å². The molecular weight excluding hydrogens is 296 g/mol. The molecule has 1 fully saturated rings. The number of aromatic carboxylic acids is 1. The Balaban J connectivity index is 2.20. The van der Waals surface area contributed by atoms with E-state index in [1.165, 1.54) is 0 Å². The number of nitrogens with one attached hydrogen (secondary N) is 2. The van der Waals surface area contributed by atoms with Crippen LogP contribution in [0.25, 0.3) is 0 Å². The molecule has 0 bridgehead atoms. The molecule has 7 nitrogen and oxygen atoms in total. The van der Waals surface area contributed by atoms with Crippen LogP contribution >= 0.6 is 0 Å². The SMILES string of the molecule is Cc1[nH]c(C(=O)O)c(C)c1C(=O)NC1CCCS(=O)(=O)C1. The number of carboxylic acid groups (broad SMARTS) is 1. The molecule has 1 aliphatic rings. The summed E-state index contributed by atoms with van der Waals surface area (Å²) in [4.78, 5) is 26.0. The van der Waals surface area contributed by atoms with E-state index in [1.807, 2.05) is 0 Å². The monoisotopic (exact) mass is 314 g/mol. The Kier molecular flexibility index (Phi) is 4.08. The maximum Gasteiger partial charge on any atom is 0.352 e. The summed E-state index contributed by atoms with van der Waals surface area (Å²) in [5, 5.41) is 11.7. The van der Waals surface area contributed by atoms with Gasteiger partial charge < -0.3 is 15.4 Å². The van der Waals surface area contributed by atoms with Gasteiger partial charge >= 0.3 is 5.97 Å². The highest BCUT2D eigenvalue weighted by molar-refractivity contribution is 7.91. The van der Waals surface area contributed by atoms with Crippen LogP contribution in [0, 0.1) is 13.8 Å². The Morgan fingerprint density at radius 3 is 2.52 bits per heavy atom. The van der Waals surface area contributed by atoms with Crippen molar-refractivity contribution in [3.8, 4) is 0 Å². The number of carbonyl (C=O) groups excluding carboxylic acids is 1. The van der Waals surface area contributed by atoms with Crippen molar-refractivity contribution < 1.29 is 23.1 Å². The zero-order chi connectivity index (χ0) is 15.8. The molecule has 2 rings (SSSR count). The third kappa shape index (κ3) is 3.26. The average Bonchev–Trinajstić information content (AvgIpc) is 2.63. The Bertz CT molecular complexity index is 690. The number of H-pyrrole nitrogens is 1. The van der Waals surface area contributed by atoms with Gasteiger partial charge in [-0.25, -0.2) is 13.2 Å². The second-order valence-electron chi connectivity index (χ2n) is 5.36. The van der Waals surface area contributed by atoms with Crippen molar-refractivity contribution in [1.82, 2.24) is 10.3 Å². The van der Waals surface area contributed by atoms with Gasteiger partial charge in [0.2, 0.25) is 0 Å². The number of rotatable bonds is 3. The number of hydrogen-bond donors (Lipinski definition) is 3. The Labute approximate surface area is 122 Å². The first kappa shape index (κ1) is 15.6. The number of aryl methyl sites for hydroxylation is 1. The van der Waals surface area contributed by atoms with Crippen molar-refractivity contribution in [2.75, 3.05) is 11.5 Å². The van der Waals surface area contributed by atoms with Gasteiger partial charge in [-0.05, 0) is 32.3 Å². The zero-order valence-corrected chi connectivity index (χ0v) is 12.7. The van der Waals surface area contributed by atoms with Crippen LogP contribution in [-0.4, -0.2) is 47.9 Å². The van der Waals surface area contributed by atoms with Gasteiger partial charge in [-0.3, -0.25) is 4.79 Å². The van der Waals surface area contributed by atoms with E-state index >= 15 is 0 Å². The van der Waals surface area contributed by atoms with Crippen LogP contribution in [0.3, 0.4) is 0 Å². The molecule has 21 heavy (non-hydrogen) atoms. The molecule has 1 atom stereocenters. The summed E-state index contributed by atoms with van der Waals surface area (Å²) < 4.78 is 23.1. The summed E-state index contributed by atoms with van der Waals surface area (Å²) in [6.45, 7) is 3.17. The summed E-state index contributed by atoms with van der Waals surface area (Å²) in [6.07, 6.45) is 1.14. The van der Waals surface area contributed by atoms with Crippen LogP contribution in [-0.2, 0) is 9.84 Å². The normalized spacial score (nSPS) is 21.0. The second-order valence-corrected chi connectivity index (χ2v) is 7.59. The molecule has 116 valence electrons. The Morgan fingerprint density at radius 1 is 1.33 bits per heavy atom. The third-order valence-corrected chi connectivity index (χ3v) is 5.50. The molecule has 3 N–H and O–H groups in total. The molecule has 2 heterocycles. The molecule has 1 aromatic rings. The van der Waals surface area contributed by atoms with E-state index in [2.05, 4.69) is 10.3 Å². The summed E-state index contributed by atoms with van der Waals surface area (Å²) in [5.41, 5.74) is 1.07. The van der Waals surface area contributed by atoms with E-state index in [0.717, 1.165) is 0 Å². The Hall–Kier alpha value is -1.83. The van der Waals surface area contributed by atoms with Crippen molar-refractivity contribution >= 4 is 21.7 Å². The van der Waals surface area contributed by atoms with E-state index in [-0.39, 0.29) is 22.8 Å². The van der Waals surface area contributed by atoms with Gasteiger partial charge in [-0.1, -0.05) is 0 Å². The number of amides is 1. The van der Waals surface area contributed by atoms with Gasteiger partial charge in [0.05, 0.1) is 17.1 Å². The lowest BCUT2D eigenvalue weighted by atomic mass is 10.1. The van der Waals surface area contributed by atoms with Crippen molar-refractivity contribution in [3.05, 3.63) is 22.5 Å². The first-order valence-corrected chi connectivity index (χ1v) is 8.47. The summed E-state index contributed by atoms with van der Waals surface area (Å²) in [7, 11) is -3.10. The highest BCUT2D eigenvalue weighted by atomic mass is 32.2. The summed E-state index contributed by atoms with van der Waals surface area (Å²) >= 11 is 0. The van der Waals surface area contributed by atoms with E-state index in [9.17, 15) is 18.0 Å². The van der Waals surface area contributed by atoms with E-state index in [0.29, 0.717) is 24.1 Å². The predicted octanol–water partition coefficient (Wildman–Crippen LogP) is 0.637. The van der Waals surface area contributed by atoms with Crippen LogP contribution in [0.15, 0.2) is 0 Å². The molecule has 1 amide bonds. The molecule has 1 saturated heterocycles. The maximum atomic E-state index is 12.3. The molecule has 0 aromatic carbocycles. The molecular formula is C13H18N2O5S. The van der Waals surface area contributed by atoms with E-state index in [1.54, 1.807) is 13.8 Å². The van der Waals surface area contributed by atoms with Crippen molar-refractivity contribution in [3.63, 3.8) is 0 Å². The predicted molar refractivity (Wildman–Crippen MR) is 76.4 cm³/mol. The highest BCUT2D eigenvalue weighted by Gasteiger charge is 2.28. The minimum absolute atomic E-state index is 0.0195. The standard InChI is InChI=1S/C13H18N2O5S/c1-7-10(8(2)14-11(7)13(17)18)12(16)15-9-4-3-5-21(19,20)6-9/h9,14H,3-6H2,1-2H3,(H,15,16)(H,17,18). The van der Waals surface area contributed by atoms with Crippen LogP contribution in [0.5, 0.6) is 0 Å². The number of sulfone groups is 1. The average molecular weight is 314 g/mol. The Morgan fingerprint density at radius 2 is 2.00 bits per heavy atom. The van der Waals surface area contributed by atoms with Crippen LogP contribution in [0.4, 0.5) is 0 Å². The molecule has 1 aromatic heterocycles. The molecule has 0 saturated carbocycles. The van der Waals surface area contributed by atoms with Crippen LogP contribution in [0.2, 0.25) is 0 Å². The minimum Gasteiger partial charge on any atom is -0.477 e. The molecule has 0 radical (unpaired) electrons. The summed E-state index contributed by atoms with van der Waals surface area (Å²) in [5.74, 6) is -1.47. The van der Waals surface area contributed by atoms with Gasteiger partial charge in [0.15, 0.2) is 9.84 Å². The van der Waals surface area contributed by atoms with Gasteiger partial charge in [0.1, 0.15) is 5.69 Å². The van der Waals surface area contributed by atoms with Gasteiger partial charge in [0.25, 0.3) is 5.91 Å². The molecule has 1 unspecified atom stereocenters. The molecule has 8 heteroatoms. The quantitative estimate of drug-likeness (QED) is 0.757. The lowest BCUT2D eigenvalue weighted by Crippen LogP contribution is -2.43. The maximum absolute atomic E-state index is 12.3. The molecule has 1 aliphatic heterocycles. The van der Waals surface area contributed by atoms with Crippen LogP contribution < -0.4 is 5.32 Å². The largest absolute Gasteiger partial charge is 0.477 e. The fraction of sp³-hybridized carbons (Fsp3) is 0.538. The van der Waals surface area contributed by atoms with E-state index in [4.69, 9.17) is 5.11 Å². The molecule has 0 aliphatic carbocycles. The summed E-state index contributed by atoms with van der Waals surface area (Å²) in [6, 6.07) is -0.418. The third-order valence-electron chi connectivity index (χ3n) is 3.68. The van der Waals surface area contributed by atoms with Crippen molar-refractivity contribution in [1.29, 1.82) is 0 Å². The van der Waals surface area contributed by atoms with Gasteiger partial charge in [0, 0.05) is 11.7 Å². The number of hydrogen-bond acceptors (Lipinski definition) is 4. The molecule has 0 spiro atoms. The second kappa shape index (κ2) is 5.51. The fourth-order valence-corrected chi connectivity index (χ4v) is 4.33. The minimum atomic E-state index is -3.10. The lowest BCUT2D eigenvalue weighted by molar-refractivity contribution is 0.0690. The van der Waals surface area contributed by atoms with Gasteiger partial charge in [-0.2, -0.15) is 0 Å². The number of carboxylic acids is 1. The van der Waals surface area contributed by atoms with Crippen LogP contribution in [0.1, 0.15) is 44.9 Å². The smallest absolute Gasteiger partial charge is 0.352 e. The first-order valence-electron chi connectivity index (χ1n) is 6.65. The van der Waals surface area contributed by atoms with Gasteiger partial charge in [-0.15, -0.1) is 0 Å². The zero-order valence-electron chi connectivity index (χ0n) is 11.9. The van der Waals surface area contributed by atoms with E-state index < -0.39 is 27.8 Å².